The molecule has 0 aliphatic carbocycles. The molecule has 0 aromatic heterocycles. The molecule has 1 aliphatic rings. The number of hydrogen-bond acceptors (Lipinski definition) is 5. The van der Waals surface area contributed by atoms with Gasteiger partial charge < -0.3 is 4.74 Å². The van der Waals surface area contributed by atoms with Gasteiger partial charge in [-0.1, -0.05) is 60.7 Å². The van der Waals surface area contributed by atoms with Crippen molar-refractivity contribution < 1.29 is 14.3 Å². The van der Waals surface area contributed by atoms with Crippen LogP contribution in [0.4, 0.5) is 0 Å². The molecule has 0 radical (unpaired) electrons. The van der Waals surface area contributed by atoms with Crippen molar-refractivity contribution in [3.63, 3.8) is 0 Å². The van der Waals surface area contributed by atoms with Crippen molar-refractivity contribution in [2.24, 2.45) is 5.10 Å². The Morgan fingerprint density at radius 2 is 1.67 bits per heavy atom. The zero-order valence-electron chi connectivity index (χ0n) is 13.3. The van der Waals surface area contributed by atoms with E-state index in [2.05, 4.69) is 10.5 Å². The molecule has 1 aliphatic heterocycles. The van der Waals surface area contributed by atoms with Crippen LogP contribution in [-0.2, 0) is 9.53 Å². The van der Waals surface area contributed by atoms with Gasteiger partial charge in [-0.3, -0.25) is 10.2 Å². The fourth-order valence-electron chi connectivity index (χ4n) is 2.80. The average molecular weight is 322 g/mol. The van der Waals surface area contributed by atoms with Gasteiger partial charge in [0.25, 0.3) is 0 Å². The first-order valence-electron chi connectivity index (χ1n) is 7.86. The third-order valence-corrected chi connectivity index (χ3v) is 3.92. The van der Waals surface area contributed by atoms with E-state index in [1.807, 2.05) is 36.4 Å². The molecular formula is C19H18N2O3. The summed E-state index contributed by atoms with van der Waals surface area (Å²) < 4.78 is 5.13. The molecular weight excluding hydrogens is 304 g/mol. The number of ether oxygens (including phenoxy) is 1. The van der Waals surface area contributed by atoms with E-state index in [0.29, 0.717) is 11.3 Å². The Morgan fingerprint density at radius 3 is 2.29 bits per heavy atom. The minimum Gasteiger partial charge on any atom is -0.464 e. The second-order valence-electron chi connectivity index (χ2n) is 5.44. The standard InChI is InChI=1S/C19H18N2O3/c1-2-24-19(23)17-15(13-9-5-3-6-10-13)16(20-21-17)18(22)14-11-7-4-8-12-14/h3-12,15,17,21H,2H2,1H3/t15-,17-/m1/s1. The smallest absolute Gasteiger partial charge is 0.331 e. The van der Waals surface area contributed by atoms with Gasteiger partial charge in [0.05, 0.1) is 12.5 Å². The van der Waals surface area contributed by atoms with Crippen molar-refractivity contribution in [2.75, 3.05) is 6.61 Å². The molecule has 3 rings (SSSR count). The van der Waals surface area contributed by atoms with Crippen LogP contribution >= 0.6 is 0 Å². The zero-order chi connectivity index (χ0) is 16.9. The zero-order valence-corrected chi connectivity index (χ0v) is 13.3. The number of nitrogens with zero attached hydrogens (tertiary/aromatic N) is 1. The maximum absolute atomic E-state index is 12.8. The molecule has 1 heterocycles. The van der Waals surface area contributed by atoms with Gasteiger partial charge in [0.1, 0.15) is 5.71 Å². The van der Waals surface area contributed by atoms with E-state index >= 15 is 0 Å². The van der Waals surface area contributed by atoms with Gasteiger partial charge >= 0.3 is 5.97 Å². The number of ketones is 1. The molecule has 0 saturated carbocycles. The number of Topliss-reactive ketones (excluding diaryl/α,β-unsaturated/α-hetero) is 1. The lowest BCUT2D eigenvalue weighted by atomic mass is 9.85. The van der Waals surface area contributed by atoms with E-state index in [4.69, 9.17) is 4.74 Å². The number of carbonyl (C=O) groups is 2. The minimum atomic E-state index is -0.699. The largest absolute Gasteiger partial charge is 0.464 e. The molecule has 0 saturated heterocycles. The maximum atomic E-state index is 12.8. The number of carbonyl (C=O) groups excluding carboxylic acids is 2. The summed E-state index contributed by atoms with van der Waals surface area (Å²) >= 11 is 0. The summed E-state index contributed by atoms with van der Waals surface area (Å²) in [7, 11) is 0. The Kier molecular flexibility index (Phi) is 4.70. The molecule has 5 heteroatoms. The first-order chi connectivity index (χ1) is 11.7. The Bertz CT molecular complexity index is 757. The first-order valence-corrected chi connectivity index (χ1v) is 7.86. The van der Waals surface area contributed by atoms with Crippen molar-refractivity contribution in [1.82, 2.24) is 5.43 Å². The quantitative estimate of drug-likeness (QED) is 0.678. The van der Waals surface area contributed by atoms with Crippen LogP contribution in [0, 0.1) is 0 Å². The summed E-state index contributed by atoms with van der Waals surface area (Å²) in [6.45, 7) is 2.03. The van der Waals surface area contributed by atoms with Gasteiger partial charge in [-0.2, -0.15) is 5.10 Å². The predicted molar refractivity (Wildman–Crippen MR) is 90.9 cm³/mol. The van der Waals surface area contributed by atoms with Gasteiger partial charge in [0, 0.05) is 5.56 Å². The number of benzene rings is 2. The van der Waals surface area contributed by atoms with Crippen LogP contribution in [0.2, 0.25) is 0 Å². The number of esters is 1. The molecule has 2 atom stereocenters. The maximum Gasteiger partial charge on any atom is 0.331 e. The van der Waals surface area contributed by atoms with E-state index in [9.17, 15) is 9.59 Å². The molecule has 0 bridgehead atoms. The normalized spacial score (nSPS) is 19.3. The van der Waals surface area contributed by atoms with Gasteiger partial charge in [-0.25, -0.2) is 4.79 Å². The minimum absolute atomic E-state index is 0.191. The topological polar surface area (TPSA) is 67.8 Å². The van der Waals surface area contributed by atoms with Crippen LogP contribution in [0.5, 0.6) is 0 Å². The summed E-state index contributed by atoms with van der Waals surface area (Å²) in [6.07, 6.45) is 0. The number of hydrazone groups is 1. The van der Waals surface area contributed by atoms with Crippen LogP contribution in [-0.4, -0.2) is 30.1 Å². The van der Waals surface area contributed by atoms with E-state index in [0.717, 1.165) is 5.56 Å². The highest BCUT2D eigenvalue weighted by Crippen LogP contribution is 2.28. The fraction of sp³-hybridized carbons (Fsp3) is 0.211. The number of rotatable bonds is 5. The van der Waals surface area contributed by atoms with E-state index in [1.54, 1.807) is 31.2 Å². The summed E-state index contributed by atoms with van der Waals surface area (Å²) in [4.78, 5) is 25.1. The Hall–Kier alpha value is -2.95. The van der Waals surface area contributed by atoms with Gasteiger partial charge in [0.15, 0.2) is 6.04 Å². The van der Waals surface area contributed by atoms with Crippen LogP contribution in [0.15, 0.2) is 65.8 Å². The van der Waals surface area contributed by atoms with Crippen LogP contribution < -0.4 is 5.43 Å². The van der Waals surface area contributed by atoms with Crippen molar-refractivity contribution in [2.45, 2.75) is 18.9 Å². The first kappa shape index (κ1) is 15.9. The second kappa shape index (κ2) is 7.08. The summed E-state index contributed by atoms with van der Waals surface area (Å²) in [5, 5.41) is 4.17. The Morgan fingerprint density at radius 1 is 1.04 bits per heavy atom. The van der Waals surface area contributed by atoms with Crippen LogP contribution in [0.25, 0.3) is 0 Å². The highest BCUT2D eigenvalue weighted by Gasteiger charge is 2.41. The molecule has 0 spiro atoms. The van der Waals surface area contributed by atoms with Crippen molar-refractivity contribution >= 4 is 17.5 Å². The number of hydrogen-bond donors (Lipinski definition) is 1. The van der Waals surface area contributed by atoms with Crippen molar-refractivity contribution in [3.8, 4) is 0 Å². The fourth-order valence-corrected chi connectivity index (χ4v) is 2.80. The number of nitrogens with one attached hydrogen (secondary N) is 1. The van der Waals surface area contributed by atoms with Crippen molar-refractivity contribution in [3.05, 3.63) is 71.8 Å². The highest BCUT2D eigenvalue weighted by molar-refractivity contribution is 6.48. The molecule has 0 amide bonds. The van der Waals surface area contributed by atoms with E-state index in [-0.39, 0.29) is 12.4 Å². The molecule has 1 N–H and O–H groups in total. The lowest BCUT2D eigenvalue weighted by Gasteiger charge is -2.19. The summed E-state index contributed by atoms with van der Waals surface area (Å²) in [5.74, 6) is -1.08. The monoisotopic (exact) mass is 322 g/mol. The van der Waals surface area contributed by atoms with Gasteiger partial charge in [-0.05, 0) is 12.5 Å². The molecule has 0 fully saturated rings. The average Bonchev–Trinajstić information content (AvgIpc) is 3.08. The van der Waals surface area contributed by atoms with Gasteiger partial charge in [-0.15, -0.1) is 0 Å². The predicted octanol–water partition coefficient (Wildman–Crippen LogP) is 2.54. The molecule has 2 aromatic rings. The molecule has 5 nitrogen and oxygen atoms in total. The summed E-state index contributed by atoms with van der Waals surface area (Å²) in [6, 6.07) is 17.6. The molecule has 122 valence electrons. The van der Waals surface area contributed by atoms with Crippen LogP contribution in [0.1, 0.15) is 28.8 Å². The van der Waals surface area contributed by atoms with E-state index < -0.39 is 17.9 Å². The molecule has 0 unspecified atom stereocenters. The Labute approximate surface area is 140 Å². The lowest BCUT2D eigenvalue weighted by molar-refractivity contribution is -0.145. The Balaban J connectivity index is 1.96. The third-order valence-electron chi connectivity index (χ3n) is 3.92. The third kappa shape index (κ3) is 3.06. The lowest BCUT2D eigenvalue weighted by Crippen LogP contribution is -2.38. The molecule has 24 heavy (non-hydrogen) atoms. The SMILES string of the molecule is CCOC(=O)[C@@H]1NN=C(C(=O)c2ccccc2)[C@H]1c1ccccc1. The van der Waals surface area contributed by atoms with Crippen molar-refractivity contribution in [1.29, 1.82) is 0 Å². The van der Waals surface area contributed by atoms with E-state index in [1.165, 1.54) is 0 Å². The highest BCUT2D eigenvalue weighted by atomic mass is 16.5. The van der Waals surface area contributed by atoms with Crippen LogP contribution in [0.3, 0.4) is 0 Å². The summed E-state index contributed by atoms with van der Waals surface area (Å²) in [5.41, 5.74) is 4.50. The van der Waals surface area contributed by atoms with Gasteiger partial charge in [0.2, 0.25) is 5.78 Å². The second-order valence-corrected chi connectivity index (χ2v) is 5.44. The molecule has 2 aromatic carbocycles.